The predicted octanol–water partition coefficient (Wildman–Crippen LogP) is 13.5. The fraction of sp³-hybridized carbons (Fsp3) is 0.111. The SMILES string of the molecule is CC(C)c1ccnc(C2(c3cccc(C4(c5cccc(C6([N+]7=C=[N+](C)C=C7)c7ccccc7-c7ccccc76)c5)c5ccccc5-c5ccccc54)c3)c3ccccc3-c3ccccc32)c1. The first-order valence-corrected chi connectivity index (χ1v) is 23.2. The van der Waals surface area contributed by atoms with Crippen LogP contribution in [0.25, 0.3) is 33.4 Å². The molecular weight excluding hydrogens is 799 g/mol. The van der Waals surface area contributed by atoms with Crippen LogP contribution in [0.5, 0.6) is 0 Å². The second-order valence-corrected chi connectivity index (χ2v) is 18.7. The van der Waals surface area contributed by atoms with Crippen molar-refractivity contribution in [2.75, 3.05) is 7.05 Å². The van der Waals surface area contributed by atoms with Crippen LogP contribution in [0.15, 0.2) is 225 Å². The van der Waals surface area contributed by atoms with Gasteiger partial charge < -0.3 is 0 Å². The number of benzene rings is 8. The first kappa shape index (κ1) is 38.5. The molecule has 0 bridgehead atoms. The summed E-state index contributed by atoms with van der Waals surface area (Å²) in [5.41, 5.74) is 20.2. The van der Waals surface area contributed by atoms with E-state index in [1.807, 2.05) is 10.8 Å². The van der Waals surface area contributed by atoms with Gasteiger partial charge in [-0.15, -0.1) is 0 Å². The minimum atomic E-state index is -0.685. The Balaban J connectivity index is 1.14. The highest BCUT2D eigenvalue weighted by Crippen LogP contribution is 2.61. The molecule has 3 heteroatoms. The van der Waals surface area contributed by atoms with E-state index >= 15 is 0 Å². The van der Waals surface area contributed by atoms with E-state index in [9.17, 15) is 0 Å². The van der Waals surface area contributed by atoms with Crippen LogP contribution in [0.4, 0.5) is 0 Å². The molecule has 312 valence electrons. The Morgan fingerprint density at radius 3 is 1.26 bits per heavy atom. The lowest BCUT2D eigenvalue weighted by atomic mass is 9.64. The van der Waals surface area contributed by atoms with Gasteiger partial charge in [0.1, 0.15) is 0 Å². The summed E-state index contributed by atoms with van der Waals surface area (Å²) in [7, 11) is 2.06. The molecule has 0 radical (unpaired) electrons. The number of fused-ring (bicyclic) bond motifs is 9. The molecule has 0 spiro atoms. The Morgan fingerprint density at radius 1 is 0.409 bits per heavy atom. The standard InChI is InChI=1S/C63H47N3/c1-42(2)43-34-35-64-60(38-43)62(56-30-12-6-24-50(56)51-25-7-13-31-57(51)62)46-20-16-18-44(39-46)61(54-28-10-4-22-48(54)49-23-5-11-29-55(49)61)45-19-17-21-47(40-45)63(66-37-36-65(3)41-66)58-32-14-8-26-52(58)53-27-9-15-33-59(53)63/h4-40,42H,1-3H3/q+2. The van der Waals surface area contributed by atoms with Gasteiger partial charge >= 0.3 is 6.01 Å². The normalized spacial score (nSPS) is 15.9. The van der Waals surface area contributed by atoms with Gasteiger partial charge in [0.05, 0.1) is 16.5 Å². The minimum Gasteiger partial charge on any atom is -0.260 e. The Kier molecular flexibility index (Phi) is 8.32. The van der Waals surface area contributed by atoms with Gasteiger partial charge in [0, 0.05) is 22.9 Å². The molecule has 0 atom stereocenters. The zero-order valence-corrected chi connectivity index (χ0v) is 37.3. The van der Waals surface area contributed by atoms with Gasteiger partial charge in [0.15, 0.2) is 7.05 Å². The van der Waals surface area contributed by atoms with E-state index in [1.54, 1.807) is 0 Å². The molecule has 0 fully saturated rings. The zero-order chi connectivity index (χ0) is 44.2. The van der Waals surface area contributed by atoms with Crippen molar-refractivity contribution in [3.8, 4) is 33.4 Å². The van der Waals surface area contributed by atoms with Crippen molar-refractivity contribution in [3.63, 3.8) is 0 Å². The number of pyridine rings is 1. The van der Waals surface area contributed by atoms with Gasteiger partial charge in [-0.1, -0.05) is 211 Å². The maximum absolute atomic E-state index is 5.35. The highest BCUT2D eigenvalue weighted by Gasteiger charge is 2.57. The Labute approximate surface area is 386 Å². The molecule has 2 heterocycles. The first-order valence-electron chi connectivity index (χ1n) is 23.2. The molecule has 0 amide bonds. The van der Waals surface area contributed by atoms with E-state index < -0.39 is 16.4 Å². The lowest BCUT2D eigenvalue weighted by molar-refractivity contribution is -0.533. The van der Waals surface area contributed by atoms with E-state index in [2.05, 4.69) is 250 Å². The van der Waals surface area contributed by atoms with E-state index in [4.69, 9.17) is 4.98 Å². The maximum atomic E-state index is 5.35. The summed E-state index contributed by atoms with van der Waals surface area (Å²) in [5, 5.41) is 0. The van der Waals surface area contributed by atoms with Gasteiger partial charge in [0.25, 0.3) is 5.54 Å². The highest BCUT2D eigenvalue weighted by molar-refractivity contribution is 5.89. The molecule has 0 saturated carbocycles. The van der Waals surface area contributed by atoms with Gasteiger partial charge in [-0.3, -0.25) is 4.98 Å². The molecular formula is C63H47N3+2. The number of hydrogen-bond donors (Lipinski definition) is 0. The molecule has 0 saturated heterocycles. The summed E-state index contributed by atoms with van der Waals surface area (Å²) in [6.45, 7) is 4.55. The molecule has 9 aromatic rings. The topological polar surface area (TPSA) is 18.9 Å². The Morgan fingerprint density at radius 2 is 0.803 bits per heavy atom. The smallest absolute Gasteiger partial charge is 0.260 e. The van der Waals surface area contributed by atoms with Crippen LogP contribution in [0.1, 0.15) is 86.7 Å². The Hall–Kier alpha value is -7.97. The average molecular weight is 846 g/mol. The van der Waals surface area contributed by atoms with Crippen LogP contribution >= 0.6 is 0 Å². The van der Waals surface area contributed by atoms with Crippen LogP contribution in [0, 0.1) is 0 Å². The molecule has 8 aromatic carbocycles. The van der Waals surface area contributed by atoms with Gasteiger partial charge in [0.2, 0.25) is 12.4 Å². The fourth-order valence-electron chi connectivity index (χ4n) is 12.5. The molecule has 0 N–H and O–H groups in total. The molecule has 1 aromatic heterocycles. The van der Waals surface area contributed by atoms with Crippen molar-refractivity contribution in [1.82, 2.24) is 4.98 Å². The van der Waals surface area contributed by atoms with E-state index in [-0.39, 0.29) is 0 Å². The molecule has 0 unspecified atom stereocenters. The lowest BCUT2D eigenvalue weighted by Crippen LogP contribution is -2.38. The van der Waals surface area contributed by atoms with Crippen molar-refractivity contribution >= 4 is 6.01 Å². The van der Waals surface area contributed by atoms with Crippen molar-refractivity contribution in [3.05, 3.63) is 292 Å². The second-order valence-electron chi connectivity index (χ2n) is 18.7. The molecule has 4 aliphatic rings. The molecule has 13 rings (SSSR count). The van der Waals surface area contributed by atoms with E-state index in [1.165, 1.54) is 94.6 Å². The van der Waals surface area contributed by atoms with E-state index in [0.717, 1.165) is 5.69 Å². The monoisotopic (exact) mass is 845 g/mol. The lowest BCUT2D eigenvalue weighted by Gasteiger charge is -2.37. The van der Waals surface area contributed by atoms with Crippen molar-refractivity contribution in [2.24, 2.45) is 0 Å². The summed E-state index contributed by atoms with van der Waals surface area (Å²) in [5.74, 6) is 0.345. The summed E-state index contributed by atoms with van der Waals surface area (Å²) in [4.78, 5) is 5.35. The fourth-order valence-corrected chi connectivity index (χ4v) is 12.5. The summed E-state index contributed by atoms with van der Waals surface area (Å²) < 4.78 is 4.34. The largest absolute Gasteiger partial charge is 0.490 e. The van der Waals surface area contributed by atoms with Gasteiger partial charge in [-0.25, -0.2) is 0 Å². The quantitative estimate of drug-likeness (QED) is 0.146. The summed E-state index contributed by atoms with van der Waals surface area (Å²) in [6.07, 6.45) is 6.31. The average Bonchev–Trinajstić information content (AvgIpc) is 4.11. The zero-order valence-electron chi connectivity index (χ0n) is 37.3. The third kappa shape index (κ3) is 4.96. The van der Waals surface area contributed by atoms with E-state index in [0.29, 0.717) is 5.92 Å². The predicted molar refractivity (Wildman–Crippen MR) is 265 cm³/mol. The second kappa shape index (κ2) is 14.3. The third-order valence-corrected chi connectivity index (χ3v) is 15.2. The van der Waals surface area contributed by atoms with Crippen molar-refractivity contribution in [2.45, 2.75) is 36.1 Å². The molecule has 3 aliphatic carbocycles. The Bertz CT molecular complexity index is 3460. The number of rotatable bonds is 7. The summed E-state index contributed by atoms with van der Waals surface area (Å²) in [6, 6.07) is 81.4. The highest BCUT2D eigenvalue weighted by atomic mass is 15.2. The third-order valence-electron chi connectivity index (χ3n) is 15.2. The number of nitrogens with zero attached hydrogens (tertiary/aromatic N) is 3. The maximum Gasteiger partial charge on any atom is 0.490 e. The first-order chi connectivity index (χ1) is 32.5. The van der Waals surface area contributed by atoms with Crippen molar-refractivity contribution in [1.29, 1.82) is 0 Å². The summed E-state index contributed by atoms with van der Waals surface area (Å²) >= 11 is 0. The van der Waals surface area contributed by atoms with Crippen LogP contribution in [-0.4, -0.2) is 27.2 Å². The molecule has 66 heavy (non-hydrogen) atoms. The van der Waals surface area contributed by atoms with Gasteiger partial charge in [-0.05, 0) is 102 Å². The minimum absolute atomic E-state index is 0.345. The van der Waals surface area contributed by atoms with Gasteiger partial charge in [-0.2, -0.15) is 0 Å². The van der Waals surface area contributed by atoms with Crippen molar-refractivity contribution < 1.29 is 9.15 Å². The van der Waals surface area contributed by atoms with Crippen LogP contribution in [0.3, 0.4) is 0 Å². The van der Waals surface area contributed by atoms with Crippen LogP contribution < -0.4 is 0 Å². The number of hydrogen-bond acceptors (Lipinski definition) is 1. The molecule has 1 aliphatic heterocycles. The number of aromatic nitrogens is 1. The molecule has 3 nitrogen and oxygen atoms in total. The van der Waals surface area contributed by atoms with Crippen LogP contribution in [0.2, 0.25) is 0 Å². The van der Waals surface area contributed by atoms with Crippen LogP contribution in [-0.2, 0) is 16.4 Å².